The monoisotopic (exact) mass is 252 g/mol. The molecular formula is C11H12N2O5. The van der Waals surface area contributed by atoms with Crippen LogP contribution in [0.4, 0.5) is 5.69 Å². The van der Waals surface area contributed by atoms with E-state index in [2.05, 4.69) is 0 Å². The number of aliphatic hydroxyl groups is 1. The number of carbonyl (C=O) groups excluding carboxylic acids is 1. The largest absolute Gasteiger partial charge is 0.490 e. The molecule has 1 fully saturated rings. The molecule has 0 aliphatic carbocycles. The molecule has 7 nitrogen and oxygen atoms in total. The Kier molecular flexibility index (Phi) is 3.15. The van der Waals surface area contributed by atoms with Gasteiger partial charge in [-0.2, -0.15) is 0 Å². The lowest BCUT2D eigenvalue weighted by atomic mass is 10.1. The van der Waals surface area contributed by atoms with Gasteiger partial charge in [0.05, 0.1) is 18.1 Å². The zero-order chi connectivity index (χ0) is 13.3. The van der Waals surface area contributed by atoms with Crippen molar-refractivity contribution in [3.63, 3.8) is 0 Å². The van der Waals surface area contributed by atoms with Gasteiger partial charge in [0.25, 0.3) is 5.91 Å². The number of methoxy groups -OCH3 is 1. The zero-order valence-electron chi connectivity index (χ0n) is 9.70. The Morgan fingerprint density at radius 2 is 2.22 bits per heavy atom. The van der Waals surface area contributed by atoms with E-state index in [1.54, 1.807) is 0 Å². The molecule has 7 heteroatoms. The molecule has 1 aromatic carbocycles. The van der Waals surface area contributed by atoms with Gasteiger partial charge in [0.15, 0.2) is 5.75 Å². The predicted octanol–water partition coefficient (Wildman–Crippen LogP) is 0.420. The second-order valence-electron chi connectivity index (χ2n) is 4.01. The van der Waals surface area contributed by atoms with Gasteiger partial charge in [-0.1, -0.05) is 0 Å². The Labute approximate surface area is 103 Å². The van der Waals surface area contributed by atoms with Crippen molar-refractivity contribution in [2.45, 2.75) is 6.10 Å². The summed E-state index contributed by atoms with van der Waals surface area (Å²) in [5.74, 6) is -0.216. The number of hydrogen-bond acceptors (Lipinski definition) is 5. The first-order chi connectivity index (χ1) is 8.52. The standard InChI is InChI=1S/C11H12N2O5/c1-18-10-3-2-7(4-9(10)13(16)17)11(15)12-5-8(14)6-12/h2-4,8,14H,5-6H2,1H3. The minimum absolute atomic E-state index is 0.111. The van der Waals surface area contributed by atoms with Crippen molar-refractivity contribution in [2.24, 2.45) is 0 Å². The molecule has 0 unspecified atom stereocenters. The van der Waals surface area contributed by atoms with Gasteiger partial charge in [-0.15, -0.1) is 0 Å². The molecule has 0 spiro atoms. The number of likely N-dealkylation sites (tertiary alicyclic amines) is 1. The molecule has 1 amide bonds. The van der Waals surface area contributed by atoms with Crippen LogP contribution >= 0.6 is 0 Å². The Balaban J connectivity index is 2.26. The van der Waals surface area contributed by atoms with E-state index >= 15 is 0 Å². The van der Waals surface area contributed by atoms with Crippen LogP contribution in [0.1, 0.15) is 10.4 Å². The molecule has 0 atom stereocenters. The predicted molar refractivity (Wildman–Crippen MR) is 61.6 cm³/mol. The molecule has 1 heterocycles. The topological polar surface area (TPSA) is 92.9 Å². The van der Waals surface area contributed by atoms with Crippen molar-refractivity contribution >= 4 is 11.6 Å². The van der Waals surface area contributed by atoms with Gasteiger partial charge >= 0.3 is 5.69 Å². The Morgan fingerprint density at radius 3 is 2.72 bits per heavy atom. The third kappa shape index (κ3) is 2.12. The summed E-state index contributed by atoms with van der Waals surface area (Å²) in [7, 11) is 1.33. The first-order valence-corrected chi connectivity index (χ1v) is 5.32. The summed E-state index contributed by atoms with van der Waals surface area (Å²) in [5, 5.41) is 19.9. The van der Waals surface area contributed by atoms with E-state index in [1.165, 1.54) is 30.2 Å². The number of benzene rings is 1. The molecule has 1 aromatic rings. The van der Waals surface area contributed by atoms with Crippen molar-refractivity contribution in [1.29, 1.82) is 0 Å². The summed E-state index contributed by atoms with van der Waals surface area (Å²) in [4.78, 5) is 23.6. The molecular weight excluding hydrogens is 240 g/mol. The summed E-state index contributed by atoms with van der Waals surface area (Å²) in [6.45, 7) is 0.525. The fraction of sp³-hybridized carbons (Fsp3) is 0.364. The minimum Gasteiger partial charge on any atom is -0.490 e. The molecule has 1 N–H and O–H groups in total. The molecule has 0 radical (unpaired) electrons. The number of aliphatic hydroxyl groups excluding tert-OH is 1. The van der Waals surface area contributed by atoms with Gasteiger partial charge in [-0.25, -0.2) is 0 Å². The zero-order valence-corrected chi connectivity index (χ0v) is 9.70. The second-order valence-corrected chi connectivity index (χ2v) is 4.01. The number of rotatable bonds is 3. The van der Waals surface area contributed by atoms with Crippen molar-refractivity contribution in [2.75, 3.05) is 20.2 Å². The van der Waals surface area contributed by atoms with Crippen LogP contribution < -0.4 is 4.74 Å². The summed E-state index contributed by atoms with van der Waals surface area (Å²) in [6.07, 6.45) is -0.498. The van der Waals surface area contributed by atoms with Crippen LogP contribution in [0.5, 0.6) is 5.75 Å². The average Bonchev–Trinajstić information content (AvgIpc) is 2.33. The van der Waals surface area contributed by atoms with Gasteiger partial charge in [-0.05, 0) is 12.1 Å². The Bertz CT molecular complexity index is 496. The molecule has 1 aliphatic rings. The smallest absolute Gasteiger partial charge is 0.311 e. The number of nitrogens with zero attached hydrogens (tertiary/aromatic N) is 2. The van der Waals surface area contributed by atoms with Gasteiger partial charge in [0, 0.05) is 24.7 Å². The maximum Gasteiger partial charge on any atom is 0.311 e. The third-order valence-corrected chi connectivity index (χ3v) is 2.77. The summed E-state index contributed by atoms with van der Waals surface area (Å²) in [6, 6.07) is 4.05. The maximum absolute atomic E-state index is 11.9. The number of hydrogen-bond donors (Lipinski definition) is 1. The van der Waals surface area contributed by atoms with E-state index in [0.29, 0.717) is 0 Å². The summed E-state index contributed by atoms with van der Waals surface area (Å²) in [5.41, 5.74) is -0.0289. The highest BCUT2D eigenvalue weighted by atomic mass is 16.6. The number of ether oxygens (including phenoxy) is 1. The highest BCUT2D eigenvalue weighted by molar-refractivity contribution is 5.95. The van der Waals surface area contributed by atoms with Crippen LogP contribution in [0, 0.1) is 10.1 Å². The van der Waals surface area contributed by atoms with Gasteiger partial charge in [0.2, 0.25) is 0 Å². The fourth-order valence-corrected chi connectivity index (χ4v) is 1.77. The molecule has 1 aliphatic heterocycles. The van der Waals surface area contributed by atoms with Crippen LogP contribution in [0.3, 0.4) is 0 Å². The number of β-amino-alcohol motifs (C(OH)–C–C–N with tert-alkyl or cyclic N) is 1. The fourth-order valence-electron chi connectivity index (χ4n) is 1.77. The van der Waals surface area contributed by atoms with Gasteiger partial charge in [0.1, 0.15) is 0 Å². The lowest BCUT2D eigenvalue weighted by molar-refractivity contribution is -0.385. The van der Waals surface area contributed by atoms with E-state index in [0.717, 1.165) is 0 Å². The quantitative estimate of drug-likeness (QED) is 0.621. The average molecular weight is 252 g/mol. The van der Waals surface area contributed by atoms with Crippen molar-refractivity contribution in [1.82, 2.24) is 4.90 Å². The maximum atomic E-state index is 11.9. The van der Waals surface area contributed by atoms with Crippen LogP contribution in [0.15, 0.2) is 18.2 Å². The highest BCUT2D eigenvalue weighted by Gasteiger charge is 2.30. The van der Waals surface area contributed by atoms with Crippen LogP contribution in [0.2, 0.25) is 0 Å². The van der Waals surface area contributed by atoms with E-state index in [-0.39, 0.29) is 36.0 Å². The molecule has 2 rings (SSSR count). The van der Waals surface area contributed by atoms with Crippen molar-refractivity contribution < 1.29 is 19.6 Å². The normalized spacial score (nSPS) is 15.1. The lowest BCUT2D eigenvalue weighted by Crippen LogP contribution is -2.53. The first kappa shape index (κ1) is 12.3. The minimum atomic E-state index is -0.597. The second kappa shape index (κ2) is 4.61. The molecule has 0 saturated carbocycles. The van der Waals surface area contributed by atoms with Crippen LogP contribution in [-0.2, 0) is 0 Å². The Hall–Kier alpha value is -2.15. The molecule has 18 heavy (non-hydrogen) atoms. The number of nitro benzene ring substituents is 1. The highest BCUT2D eigenvalue weighted by Crippen LogP contribution is 2.28. The summed E-state index contributed by atoms with van der Waals surface area (Å²) < 4.78 is 4.85. The molecule has 1 saturated heterocycles. The first-order valence-electron chi connectivity index (χ1n) is 5.32. The van der Waals surface area contributed by atoms with Gasteiger partial charge < -0.3 is 14.7 Å². The summed E-state index contributed by atoms with van der Waals surface area (Å²) >= 11 is 0. The van der Waals surface area contributed by atoms with Crippen molar-refractivity contribution in [3.05, 3.63) is 33.9 Å². The van der Waals surface area contributed by atoms with Gasteiger partial charge in [-0.3, -0.25) is 14.9 Å². The number of amides is 1. The number of carbonyl (C=O) groups is 1. The SMILES string of the molecule is COc1ccc(C(=O)N2CC(O)C2)cc1[N+](=O)[O-]. The van der Waals surface area contributed by atoms with E-state index in [9.17, 15) is 14.9 Å². The lowest BCUT2D eigenvalue weighted by Gasteiger charge is -2.35. The molecule has 0 bridgehead atoms. The van der Waals surface area contributed by atoms with E-state index in [1.807, 2.05) is 0 Å². The van der Waals surface area contributed by atoms with Crippen LogP contribution in [-0.4, -0.2) is 47.1 Å². The Morgan fingerprint density at radius 1 is 1.56 bits per heavy atom. The third-order valence-electron chi connectivity index (χ3n) is 2.77. The van der Waals surface area contributed by atoms with Crippen LogP contribution in [0.25, 0.3) is 0 Å². The van der Waals surface area contributed by atoms with E-state index < -0.39 is 11.0 Å². The molecule has 96 valence electrons. The van der Waals surface area contributed by atoms with E-state index in [4.69, 9.17) is 9.84 Å². The van der Waals surface area contributed by atoms with Crippen molar-refractivity contribution in [3.8, 4) is 5.75 Å². The molecule has 0 aromatic heterocycles. The number of nitro groups is 1.